The molecule has 3 aromatic carbocycles. The number of nitrogens with zero attached hydrogens (tertiary/aromatic N) is 2. The molecule has 0 saturated carbocycles. The molecule has 4 rings (SSSR count). The van der Waals surface area contributed by atoms with Crippen LogP contribution in [0.1, 0.15) is 16.7 Å². The van der Waals surface area contributed by atoms with Crippen molar-refractivity contribution in [1.82, 2.24) is 0 Å². The van der Waals surface area contributed by atoms with Gasteiger partial charge in [0.1, 0.15) is 18.1 Å². The van der Waals surface area contributed by atoms with E-state index < -0.39 is 6.04 Å². The molecule has 1 heterocycles. The van der Waals surface area contributed by atoms with Crippen molar-refractivity contribution < 1.29 is 9.53 Å². The maximum absolute atomic E-state index is 12.3. The van der Waals surface area contributed by atoms with Crippen LogP contribution in [0.25, 0.3) is 11.1 Å². The fourth-order valence-electron chi connectivity index (χ4n) is 3.74. The summed E-state index contributed by atoms with van der Waals surface area (Å²) in [6, 6.07) is 26.6. The summed E-state index contributed by atoms with van der Waals surface area (Å²) in [5.74, 6) is 0.741. The second-order valence-electron chi connectivity index (χ2n) is 6.87. The number of rotatable bonds is 5. The molecule has 30 heavy (non-hydrogen) atoms. The zero-order valence-corrected chi connectivity index (χ0v) is 16.5. The maximum atomic E-state index is 12.3. The molecule has 0 fully saturated rings. The number of aldehydes is 1. The molecule has 0 aromatic heterocycles. The van der Waals surface area contributed by atoms with Crippen molar-refractivity contribution in [3.63, 3.8) is 0 Å². The second kappa shape index (κ2) is 8.50. The predicted molar refractivity (Wildman–Crippen MR) is 119 cm³/mol. The number of hydrogen-bond acceptors (Lipinski definition) is 4. The molecule has 0 N–H and O–H groups in total. The molecule has 0 spiro atoms. The third-order valence-electron chi connectivity index (χ3n) is 5.17. The molecule has 0 radical (unpaired) electrons. The van der Waals surface area contributed by atoms with Gasteiger partial charge in [0.05, 0.1) is 18.7 Å². The van der Waals surface area contributed by atoms with Crippen LogP contribution in [0.3, 0.4) is 0 Å². The van der Waals surface area contributed by atoms with Crippen LogP contribution in [0.2, 0.25) is 0 Å². The van der Waals surface area contributed by atoms with Gasteiger partial charge in [0.2, 0.25) is 0 Å². The first-order valence-corrected chi connectivity index (χ1v) is 9.62. The number of carbonyl (C=O) groups is 1. The second-order valence-corrected chi connectivity index (χ2v) is 6.87. The molecule has 0 saturated heterocycles. The van der Waals surface area contributed by atoms with Gasteiger partial charge in [-0.05, 0) is 41.5 Å². The predicted octanol–water partition coefficient (Wildman–Crippen LogP) is 5.08. The molecule has 146 valence electrons. The number of benzene rings is 3. The summed E-state index contributed by atoms with van der Waals surface area (Å²) in [4.78, 5) is 14.2. The van der Waals surface area contributed by atoms with E-state index in [-0.39, 0.29) is 0 Å². The summed E-state index contributed by atoms with van der Waals surface area (Å²) >= 11 is 0. The number of carbonyl (C=O) groups excluding carboxylic acids is 1. The third-order valence-corrected chi connectivity index (χ3v) is 5.17. The first kappa shape index (κ1) is 19.2. The summed E-state index contributed by atoms with van der Waals surface area (Å²) in [5.41, 5.74) is 4.76. The molecule has 1 atom stereocenters. The SMILES string of the molecule is COc1ccccc1C1=CN(c2ccccc2)C(C=O)C(c2ccccc2C#N)=C1. The summed E-state index contributed by atoms with van der Waals surface area (Å²) in [6.45, 7) is 0. The zero-order chi connectivity index (χ0) is 20.9. The highest BCUT2D eigenvalue weighted by Gasteiger charge is 2.28. The number of ether oxygens (including phenoxy) is 1. The molecule has 1 aliphatic rings. The van der Waals surface area contributed by atoms with Gasteiger partial charge in [-0.25, -0.2) is 0 Å². The number of allylic oxidation sites excluding steroid dienone is 2. The van der Waals surface area contributed by atoms with Crippen LogP contribution >= 0.6 is 0 Å². The van der Waals surface area contributed by atoms with Gasteiger partial charge in [0.15, 0.2) is 0 Å². The average molecular weight is 392 g/mol. The Bertz CT molecular complexity index is 1170. The maximum Gasteiger partial charge on any atom is 0.147 e. The monoisotopic (exact) mass is 392 g/mol. The van der Waals surface area contributed by atoms with E-state index in [2.05, 4.69) is 6.07 Å². The Morgan fingerprint density at radius 2 is 1.60 bits per heavy atom. The molecule has 4 heteroatoms. The molecule has 0 amide bonds. The van der Waals surface area contributed by atoms with Crippen LogP contribution < -0.4 is 9.64 Å². The van der Waals surface area contributed by atoms with E-state index in [0.717, 1.165) is 40.0 Å². The zero-order valence-electron chi connectivity index (χ0n) is 16.5. The van der Waals surface area contributed by atoms with Crippen molar-refractivity contribution in [2.24, 2.45) is 0 Å². The van der Waals surface area contributed by atoms with Crippen LogP contribution in [0.15, 0.2) is 91.1 Å². The summed E-state index contributed by atoms with van der Waals surface area (Å²) in [6.07, 6.45) is 4.86. The van der Waals surface area contributed by atoms with Crippen molar-refractivity contribution in [2.75, 3.05) is 12.0 Å². The van der Waals surface area contributed by atoms with Crippen molar-refractivity contribution in [3.8, 4) is 11.8 Å². The summed E-state index contributed by atoms with van der Waals surface area (Å²) in [7, 11) is 1.64. The fraction of sp³-hybridized carbons (Fsp3) is 0.0769. The normalized spacial score (nSPS) is 15.6. The van der Waals surface area contributed by atoms with E-state index in [1.54, 1.807) is 13.2 Å². The number of hydrogen-bond donors (Lipinski definition) is 0. The van der Waals surface area contributed by atoms with Gasteiger partial charge < -0.3 is 14.4 Å². The molecule has 1 unspecified atom stereocenters. The van der Waals surface area contributed by atoms with Gasteiger partial charge >= 0.3 is 0 Å². The van der Waals surface area contributed by atoms with E-state index in [9.17, 15) is 10.1 Å². The lowest BCUT2D eigenvalue weighted by atomic mass is 9.88. The molecule has 0 aliphatic carbocycles. The summed E-state index contributed by atoms with van der Waals surface area (Å²) in [5, 5.41) is 9.64. The lowest BCUT2D eigenvalue weighted by Crippen LogP contribution is -2.35. The van der Waals surface area contributed by atoms with Crippen LogP contribution in [0.4, 0.5) is 5.69 Å². The first-order chi connectivity index (χ1) is 14.8. The third kappa shape index (κ3) is 3.49. The van der Waals surface area contributed by atoms with Crippen molar-refractivity contribution in [3.05, 3.63) is 108 Å². The minimum Gasteiger partial charge on any atom is -0.496 e. The van der Waals surface area contributed by atoms with E-state index in [1.807, 2.05) is 90.0 Å². The highest BCUT2D eigenvalue weighted by molar-refractivity contribution is 6.00. The lowest BCUT2D eigenvalue weighted by molar-refractivity contribution is -0.107. The van der Waals surface area contributed by atoms with Crippen molar-refractivity contribution in [1.29, 1.82) is 5.26 Å². The average Bonchev–Trinajstić information content (AvgIpc) is 2.83. The Kier molecular flexibility index (Phi) is 5.45. The molecule has 4 nitrogen and oxygen atoms in total. The number of anilines is 1. The van der Waals surface area contributed by atoms with Crippen LogP contribution in [0, 0.1) is 11.3 Å². The Morgan fingerprint density at radius 1 is 0.933 bits per heavy atom. The molecule has 0 bridgehead atoms. The number of methoxy groups -OCH3 is 1. The molecule has 3 aromatic rings. The van der Waals surface area contributed by atoms with Crippen molar-refractivity contribution >= 4 is 23.1 Å². The van der Waals surface area contributed by atoms with Gasteiger partial charge in [0, 0.05) is 23.0 Å². The summed E-state index contributed by atoms with van der Waals surface area (Å²) < 4.78 is 5.57. The quantitative estimate of drug-likeness (QED) is 0.568. The van der Waals surface area contributed by atoms with Crippen molar-refractivity contribution in [2.45, 2.75) is 6.04 Å². The van der Waals surface area contributed by atoms with E-state index >= 15 is 0 Å². The van der Waals surface area contributed by atoms with Gasteiger partial charge in [-0.15, -0.1) is 0 Å². The Hall–Kier alpha value is -4.10. The topological polar surface area (TPSA) is 53.3 Å². The molecular formula is C26H20N2O2. The smallest absolute Gasteiger partial charge is 0.147 e. The Labute approximate surface area is 176 Å². The minimum absolute atomic E-state index is 0.532. The van der Waals surface area contributed by atoms with Gasteiger partial charge in [-0.3, -0.25) is 0 Å². The van der Waals surface area contributed by atoms with E-state index in [4.69, 9.17) is 4.74 Å². The van der Waals surface area contributed by atoms with E-state index in [0.29, 0.717) is 5.56 Å². The molecular weight excluding hydrogens is 372 g/mol. The van der Waals surface area contributed by atoms with Crippen LogP contribution in [-0.4, -0.2) is 19.4 Å². The Morgan fingerprint density at radius 3 is 2.30 bits per heavy atom. The Balaban J connectivity index is 1.96. The van der Waals surface area contributed by atoms with Gasteiger partial charge in [-0.2, -0.15) is 5.26 Å². The highest BCUT2D eigenvalue weighted by atomic mass is 16.5. The largest absolute Gasteiger partial charge is 0.496 e. The standard InChI is InChI=1S/C26H20N2O2/c1-30-26-14-8-7-13-23(26)20-15-24(22-12-6-5-9-19(22)16-27)25(18-29)28(17-20)21-10-3-2-4-11-21/h2-15,17-18,25H,1H3. The van der Waals surface area contributed by atoms with Gasteiger partial charge in [-0.1, -0.05) is 54.6 Å². The first-order valence-electron chi connectivity index (χ1n) is 9.62. The van der Waals surface area contributed by atoms with Crippen LogP contribution in [-0.2, 0) is 4.79 Å². The number of para-hydroxylation sites is 2. The lowest BCUT2D eigenvalue weighted by Gasteiger charge is -2.34. The highest BCUT2D eigenvalue weighted by Crippen LogP contribution is 2.38. The van der Waals surface area contributed by atoms with Gasteiger partial charge in [0.25, 0.3) is 0 Å². The molecule has 1 aliphatic heterocycles. The van der Waals surface area contributed by atoms with Crippen LogP contribution in [0.5, 0.6) is 5.75 Å². The number of nitriles is 1. The minimum atomic E-state index is -0.555. The fourth-order valence-corrected chi connectivity index (χ4v) is 3.74. The van der Waals surface area contributed by atoms with E-state index in [1.165, 1.54) is 0 Å².